The highest BCUT2D eigenvalue weighted by Gasteiger charge is 2.22. The van der Waals surface area contributed by atoms with Crippen LogP contribution in [-0.4, -0.2) is 23.5 Å². The number of carboxylic acids is 1. The molecule has 98 valence electrons. The maximum Gasteiger partial charge on any atom is 0.387 e. The van der Waals surface area contributed by atoms with Crippen LogP contribution in [0.4, 0.5) is 8.78 Å². The number of carboxylic acid groups (broad SMARTS) is 1. The summed E-state index contributed by atoms with van der Waals surface area (Å²) in [5.74, 6) is -2.05. The van der Waals surface area contributed by atoms with Gasteiger partial charge in [-0.1, -0.05) is 0 Å². The normalized spacial score (nSPS) is 12.3. The Morgan fingerprint density at radius 1 is 1.39 bits per heavy atom. The third kappa shape index (κ3) is 3.40. The maximum absolute atomic E-state index is 12.0. The van der Waals surface area contributed by atoms with Crippen LogP contribution in [0, 0.1) is 0 Å². The Morgan fingerprint density at radius 3 is 2.44 bits per heavy atom. The van der Waals surface area contributed by atoms with Gasteiger partial charge in [-0.15, -0.1) is 11.6 Å². The van der Waals surface area contributed by atoms with Crippen molar-refractivity contribution in [3.63, 3.8) is 0 Å². The summed E-state index contributed by atoms with van der Waals surface area (Å²) in [5, 5.41) is 7.69. The molecule has 1 N–H and O–H groups in total. The molecule has 0 aliphatic rings. The van der Waals surface area contributed by atoms with Crippen molar-refractivity contribution in [2.45, 2.75) is 18.9 Å². The fraction of sp³-hybridized carbons (Fsp3) is 0.273. The van der Waals surface area contributed by atoms with E-state index in [-0.39, 0.29) is 16.9 Å². The van der Waals surface area contributed by atoms with E-state index in [1.54, 1.807) is 0 Å². The first kappa shape index (κ1) is 14.4. The molecule has 1 aromatic rings. The average molecular weight is 279 g/mol. The largest absolute Gasteiger partial charge is 0.478 e. The van der Waals surface area contributed by atoms with Gasteiger partial charge in [0.1, 0.15) is 11.1 Å². The quantitative estimate of drug-likeness (QED) is 0.841. The molecule has 0 radical (unpaired) electrons. The molecule has 0 bridgehead atoms. The molecule has 0 aromatic heterocycles. The summed E-state index contributed by atoms with van der Waals surface area (Å²) in [6.07, 6.45) is 0. The first-order valence-electron chi connectivity index (χ1n) is 4.79. The second-order valence-electron chi connectivity index (χ2n) is 3.41. The van der Waals surface area contributed by atoms with E-state index in [1.165, 1.54) is 6.92 Å². The van der Waals surface area contributed by atoms with Gasteiger partial charge in [0.05, 0.1) is 5.56 Å². The molecule has 7 heteroatoms. The Labute approximate surface area is 106 Å². The Bertz CT molecular complexity index is 476. The van der Waals surface area contributed by atoms with Gasteiger partial charge in [-0.05, 0) is 30.7 Å². The van der Waals surface area contributed by atoms with Crippen molar-refractivity contribution < 1.29 is 28.2 Å². The van der Waals surface area contributed by atoms with Crippen LogP contribution in [0.5, 0.6) is 5.75 Å². The lowest BCUT2D eigenvalue weighted by Crippen LogP contribution is -2.10. The number of carbonyl (C=O) groups excluding carboxylic acids is 1. The van der Waals surface area contributed by atoms with E-state index in [2.05, 4.69) is 4.74 Å². The molecule has 0 amide bonds. The molecule has 1 atom stereocenters. The lowest BCUT2D eigenvalue weighted by molar-refractivity contribution is -0.116. The van der Waals surface area contributed by atoms with Crippen LogP contribution < -0.4 is 4.74 Å². The molecule has 1 aromatic carbocycles. The summed E-state index contributed by atoms with van der Waals surface area (Å²) < 4.78 is 28.2. The highest BCUT2D eigenvalue weighted by molar-refractivity contribution is 6.31. The van der Waals surface area contributed by atoms with Crippen LogP contribution in [0.3, 0.4) is 0 Å². The Hall–Kier alpha value is -1.69. The van der Waals surface area contributed by atoms with Crippen molar-refractivity contribution in [2.24, 2.45) is 0 Å². The van der Waals surface area contributed by atoms with E-state index in [0.717, 1.165) is 18.2 Å². The summed E-state index contributed by atoms with van der Waals surface area (Å²) in [4.78, 5) is 22.1. The number of carbonyl (C=O) groups is 2. The van der Waals surface area contributed by atoms with Gasteiger partial charge in [0.2, 0.25) is 0 Å². The van der Waals surface area contributed by atoms with Crippen LogP contribution in [0.2, 0.25) is 0 Å². The molecule has 0 aliphatic carbocycles. The van der Waals surface area contributed by atoms with Crippen molar-refractivity contribution in [1.82, 2.24) is 0 Å². The molecule has 4 nitrogen and oxygen atoms in total. The van der Waals surface area contributed by atoms with Crippen molar-refractivity contribution in [3.8, 4) is 5.75 Å². The maximum atomic E-state index is 12.0. The number of alkyl halides is 3. The minimum atomic E-state index is -3.04. The summed E-state index contributed by atoms with van der Waals surface area (Å²) in [5.41, 5.74) is -0.304. The molecule has 0 aliphatic heterocycles. The summed E-state index contributed by atoms with van der Waals surface area (Å²) in [7, 11) is 0. The van der Waals surface area contributed by atoms with Crippen molar-refractivity contribution in [3.05, 3.63) is 29.3 Å². The number of aromatic carboxylic acids is 1. The van der Waals surface area contributed by atoms with E-state index >= 15 is 0 Å². The Kier molecular flexibility index (Phi) is 4.61. The number of Topliss-reactive ketones (excluding diaryl/α,β-unsaturated/α-hetero) is 1. The molecular formula is C11H9ClF2O4. The van der Waals surface area contributed by atoms with Gasteiger partial charge in [0.25, 0.3) is 0 Å². The number of ether oxygens (including phenoxy) is 1. The van der Waals surface area contributed by atoms with Gasteiger partial charge >= 0.3 is 12.6 Å². The van der Waals surface area contributed by atoms with E-state index in [1.807, 2.05) is 0 Å². The summed E-state index contributed by atoms with van der Waals surface area (Å²) in [6.45, 7) is -1.87. The molecule has 0 fully saturated rings. The SMILES string of the molecule is CC(=O)C(Cl)c1cc(OC(F)F)ccc1C(=O)O. The van der Waals surface area contributed by atoms with Gasteiger partial charge in [-0.25, -0.2) is 4.79 Å². The van der Waals surface area contributed by atoms with Crippen LogP contribution >= 0.6 is 11.6 Å². The zero-order valence-corrected chi connectivity index (χ0v) is 9.95. The predicted octanol–water partition coefficient (Wildman–Crippen LogP) is 2.86. The van der Waals surface area contributed by atoms with E-state index in [4.69, 9.17) is 16.7 Å². The minimum absolute atomic E-state index is 0.0742. The van der Waals surface area contributed by atoms with Gasteiger partial charge < -0.3 is 9.84 Å². The molecule has 18 heavy (non-hydrogen) atoms. The average Bonchev–Trinajstić information content (AvgIpc) is 2.26. The monoisotopic (exact) mass is 278 g/mol. The number of hydrogen-bond acceptors (Lipinski definition) is 3. The zero-order chi connectivity index (χ0) is 13.9. The van der Waals surface area contributed by atoms with Crippen LogP contribution in [-0.2, 0) is 4.79 Å². The fourth-order valence-corrected chi connectivity index (χ4v) is 1.52. The number of benzene rings is 1. The summed E-state index contributed by atoms with van der Waals surface area (Å²) in [6, 6.07) is 3.16. The molecule has 1 rings (SSSR count). The summed E-state index contributed by atoms with van der Waals surface area (Å²) >= 11 is 5.74. The van der Waals surface area contributed by atoms with Gasteiger partial charge in [0.15, 0.2) is 5.78 Å². The fourth-order valence-electron chi connectivity index (χ4n) is 1.34. The molecule has 1 unspecified atom stereocenters. The lowest BCUT2D eigenvalue weighted by Gasteiger charge is -2.12. The zero-order valence-electron chi connectivity index (χ0n) is 9.19. The molecular weight excluding hydrogens is 270 g/mol. The van der Waals surface area contributed by atoms with Gasteiger partial charge in [0, 0.05) is 0 Å². The first-order chi connectivity index (χ1) is 8.32. The van der Waals surface area contributed by atoms with Gasteiger partial charge in [-0.2, -0.15) is 8.78 Å². The number of rotatable bonds is 5. The highest BCUT2D eigenvalue weighted by Crippen LogP contribution is 2.29. The molecule has 0 saturated heterocycles. The topological polar surface area (TPSA) is 63.6 Å². The smallest absolute Gasteiger partial charge is 0.387 e. The van der Waals surface area contributed by atoms with Crippen molar-refractivity contribution >= 4 is 23.4 Å². The second kappa shape index (κ2) is 5.77. The van der Waals surface area contributed by atoms with E-state index < -0.39 is 23.7 Å². The predicted molar refractivity (Wildman–Crippen MR) is 59.3 cm³/mol. The second-order valence-corrected chi connectivity index (χ2v) is 3.84. The standard InChI is InChI=1S/C11H9ClF2O4/c1-5(15)9(12)8-4-6(18-11(13)14)2-3-7(8)10(16)17/h2-4,9,11H,1H3,(H,16,17). The Balaban J connectivity index is 3.23. The third-order valence-corrected chi connectivity index (χ3v) is 2.65. The van der Waals surface area contributed by atoms with Crippen LogP contribution in [0.15, 0.2) is 18.2 Å². The number of hydrogen-bond donors (Lipinski definition) is 1. The van der Waals surface area contributed by atoms with E-state index in [0.29, 0.717) is 0 Å². The molecule has 0 spiro atoms. The van der Waals surface area contributed by atoms with Crippen LogP contribution in [0.25, 0.3) is 0 Å². The van der Waals surface area contributed by atoms with Crippen molar-refractivity contribution in [1.29, 1.82) is 0 Å². The number of halogens is 3. The molecule has 0 heterocycles. The third-order valence-electron chi connectivity index (χ3n) is 2.11. The minimum Gasteiger partial charge on any atom is -0.478 e. The van der Waals surface area contributed by atoms with E-state index in [9.17, 15) is 18.4 Å². The highest BCUT2D eigenvalue weighted by atomic mass is 35.5. The molecule has 0 saturated carbocycles. The first-order valence-corrected chi connectivity index (χ1v) is 5.23. The Morgan fingerprint density at radius 2 is 2.00 bits per heavy atom. The van der Waals surface area contributed by atoms with Gasteiger partial charge in [-0.3, -0.25) is 4.79 Å². The number of ketones is 1. The lowest BCUT2D eigenvalue weighted by atomic mass is 10.0. The van der Waals surface area contributed by atoms with Crippen LogP contribution in [0.1, 0.15) is 28.2 Å². The van der Waals surface area contributed by atoms with Crippen molar-refractivity contribution in [2.75, 3.05) is 0 Å².